The zero-order chi connectivity index (χ0) is 31.0. The van der Waals surface area contributed by atoms with Gasteiger partial charge in [0.2, 0.25) is 12.6 Å². The second-order valence-electron chi connectivity index (χ2n) is 9.12. The SMILES string of the molecule is CC.CC.CC1(C)OC(=O)C(c2cccc(Cl)c2)O1.Cc1cc(-c2ccc3c(c2)OCO3)n(-c2cc(Cl)ccc2Cl)n1. The Balaban J connectivity index is 0.000000221. The minimum Gasteiger partial charge on any atom is -0.454 e. The number of hydrogen-bond acceptors (Lipinski definition) is 6. The number of esters is 1. The van der Waals surface area contributed by atoms with Gasteiger partial charge in [0, 0.05) is 29.5 Å². The summed E-state index contributed by atoms with van der Waals surface area (Å²) >= 11 is 18.3. The summed E-state index contributed by atoms with van der Waals surface area (Å²) in [6, 6.07) is 20.1. The van der Waals surface area contributed by atoms with Gasteiger partial charge in [-0.2, -0.15) is 5.10 Å². The van der Waals surface area contributed by atoms with Crippen molar-refractivity contribution < 1.29 is 23.7 Å². The van der Waals surface area contributed by atoms with Crippen LogP contribution in [0, 0.1) is 6.92 Å². The molecule has 1 fully saturated rings. The lowest BCUT2D eigenvalue weighted by Gasteiger charge is -2.15. The highest BCUT2D eigenvalue weighted by atomic mass is 35.5. The van der Waals surface area contributed by atoms with Crippen molar-refractivity contribution in [3.05, 3.63) is 93.1 Å². The molecule has 0 spiro atoms. The second kappa shape index (κ2) is 14.8. The van der Waals surface area contributed by atoms with E-state index in [0.717, 1.165) is 39.7 Å². The number of rotatable bonds is 3. The number of fused-ring (bicyclic) bond motifs is 1. The Kier molecular flexibility index (Phi) is 11.7. The van der Waals surface area contributed by atoms with E-state index in [1.165, 1.54) is 0 Å². The van der Waals surface area contributed by atoms with Crippen molar-refractivity contribution in [2.45, 2.75) is 60.4 Å². The molecule has 10 heteroatoms. The Morgan fingerprint density at radius 2 is 1.55 bits per heavy atom. The highest BCUT2D eigenvalue weighted by Gasteiger charge is 2.41. The van der Waals surface area contributed by atoms with Gasteiger partial charge < -0.3 is 18.9 Å². The van der Waals surface area contributed by atoms with Crippen LogP contribution in [0.25, 0.3) is 16.9 Å². The number of aromatic nitrogens is 2. The molecule has 0 bridgehead atoms. The normalized spacial score (nSPS) is 15.8. The van der Waals surface area contributed by atoms with Crippen molar-refractivity contribution >= 4 is 40.8 Å². The summed E-state index contributed by atoms with van der Waals surface area (Å²) < 4.78 is 23.1. The molecule has 42 heavy (non-hydrogen) atoms. The monoisotopic (exact) mass is 632 g/mol. The molecule has 3 aromatic carbocycles. The topological polar surface area (TPSA) is 71.8 Å². The van der Waals surface area contributed by atoms with Gasteiger partial charge in [-0.15, -0.1) is 0 Å². The van der Waals surface area contributed by atoms with Crippen LogP contribution in [0.3, 0.4) is 0 Å². The fraction of sp³-hybridized carbons (Fsp3) is 0.312. The number of nitrogens with zero attached hydrogens (tertiary/aromatic N) is 2. The van der Waals surface area contributed by atoms with Crippen LogP contribution in [0.4, 0.5) is 0 Å². The van der Waals surface area contributed by atoms with E-state index in [0.29, 0.717) is 15.1 Å². The number of halogens is 3. The van der Waals surface area contributed by atoms with E-state index >= 15 is 0 Å². The van der Waals surface area contributed by atoms with Crippen LogP contribution in [-0.4, -0.2) is 28.3 Å². The number of cyclic esters (lactones) is 1. The summed E-state index contributed by atoms with van der Waals surface area (Å²) in [5, 5.41) is 6.32. The Morgan fingerprint density at radius 1 is 0.857 bits per heavy atom. The van der Waals surface area contributed by atoms with Crippen molar-refractivity contribution in [1.29, 1.82) is 0 Å². The van der Waals surface area contributed by atoms with Crippen molar-refractivity contribution in [1.82, 2.24) is 9.78 Å². The van der Waals surface area contributed by atoms with Crippen LogP contribution in [0.5, 0.6) is 11.5 Å². The van der Waals surface area contributed by atoms with Crippen LogP contribution >= 0.6 is 34.8 Å². The van der Waals surface area contributed by atoms with Gasteiger partial charge in [-0.25, -0.2) is 9.48 Å². The maximum absolute atomic E-state index is 11.5. The molecular formula is C32H35Cl3N2O5. The molecular weight excluding hydrogens is 599 g/mol. The van der Waals surface area contributed by atoms with Gasteiger partial charge in [-0.1, -0.05) is 74.6 Å². The fourth-order valence-corrected chi connectivity index (χ4v) is 4.68. The van der Waals surface area contributed by atoms with Crippen LogP contribution in [0.1, 0.15) is 58.9 Å². The van der Waals surface area contributed by atoms with E-state index in [-0.39, 0.29) is 12.8 Å². The molecule has 2 aliphatic rings. The Labute approximate surface area is 262 Å². The first-order valence-electron chi connectivity index (χ1n) is 13.7. The predicted octanol–water partition coefficient (Wildman–Crippen LogP) is 9.63. The third-order valence-corrected chi connectivity index (χ3v) is 6.54. The summed E-state index contributed by atoms with van der Waals surface area (Å²) in [6.07, 6.45) is -0.668. The molecule has 1 unspecified atom stereocenters. The standard InChI is InChI=1S/C17H12Cl2N2O2.C11H11ClO3.2C2H6/c1-10-6-14(11-2-5-16-17(7-11)23-9-22-16)21(20-10)15-8-12(18)3-4-13(15)19;1-11(2)14-9(10(13)15-11)7-4-3-5-8(12)6-7;2*1-2/h2-8H,9H2,1H3;3-6,9H,1-2H3;2*1-2H3. The molecule has 224 valence electrons. The Bertz CT molecular complexity index is 1520. The highest BCUT2D eigenvalue weighted by Crippen LogP contribution is 2.38. The largest absolute Gasteiger partial charge is 0.454 e. The van der Waals surface area contributed by atoms with Gasteiger partial charge in [-0.3, -0.25) is 0 Å². The Morgan fingerprint density at radius 3 is 2.21 bits per heavy atom. The molecule has 4 aromatic rings. The molecule has 0 saturated carbocycles. The van der Waals surface area contributed by atoms with Crippen molar-refractivity contribution in [3.63, 3.8) is 0 Å². The van der Waals surface area contributed by atoms with Gasteiger partial charge >= 0.3 is 5.97 Å². The summed E-state index contributed by atoms with van der Waals surface area (Å²) in [7, 11) is 0. The number of aryl methyl sites for hydroxylation is 1. The molecule has 0 N–H and O–H groups in total. The first kappa shape index (κ1) is 33.3. The van der Waals surface area contributed by atoms with E-state index in [2.05, 4.69) is 5.10 Å². The first-order valence-corrected chi connectivity index (χ1v) is 14.8. The summed E-state index contributed by atoms with van der Waals surface area (Å²) in [5.74, 6) is 0.244. The molecule has 0 amide bonds. The van der Waals surface area contributed by atoms with Gasteiger partial charge in [-0.05, 0) is 67.1 Å². The molecule has 0 aliphatic carbocycles. The second-order valence-corrected chi connectivity index (χ2v) is 10.4. The highest BCUT2D eigenvalue weighted by molar-refractivity contribution is 6.34. The summed E-state index contributed by atoms with van der Waals surface area (Å²) in [6.45, 7) is 13.6. The maximum atomic E-state index is 11.5. The van der Waals surface area contributed by atoms with Crippen LogP contribution in [0.15, 0.2) is 66.7 Å². The average molecular weight is 634 g/mol. The third-order valence-electron chi connectivity index (χ3n) is 5.75. The minimum absolute atomic E-state index is 0.247. The van der Waals surface area contributed by atoms with E-state index in [1.54, 1.807) is 61.0 Å². The van der Waals surface area contributed by atoms with Crippen molar-refractivity contribution in [2.75, 3.05) is 6.79 Å². The lowest BCUT2D eigenvalue weighted by molar-refractivity contribution is -0.160. The molecule has 0 radical (unpaired) electrons. The van der Waals surface area contributed by atoms with Crippen LogP contribution in [-0.2, 0) is 14.3 Å². The number of carbonyl (C=O) groups is 1. The van der Waals surface area contributed by atoms with Crippen LogP contribution in [0.2, 0.25) is 15.1 Å². The lowest BCUT2D eigenvalue weighted by atomic mass is 10.1. The number of benzene rings is 3. The van der Waals surface area contributed by atoms with E-state index < -0.39 is 11.9 Å². The lowest BCUT2D eigenvalue weighted by Crippen LogP contribution is -2.20. The molecule has 6 rings (SSSR count). The first-order chi connectivity index (χ1) is 20.1. The zero-order valence-corrected chi connectivity index (χ0v) is 27.0. The quantitative estimate of drug-likeness (QED) is 0.209. The van der Waals surface area contributed by atoms with Crippen LogP contribution < -0.4 is 9.47 Å². The molecule has 1 aromatic heterocycles. The zero-order valence-electron chi connectivity index (χ0n) is 24.7. The van der Waals surface area contributed by atoms with E-state index in [4.69, 9.17) is 53.8 Å². The third kappa shape index (κ3) is 7.98. The van der Waals surface area contributed by atoms with Crippen molar-refractivity contribution in [3.8, 4) is 28.4 Å². The smallest absolute Gasteiger partial charge is 0.342 e. The van der Waals surface area contributed by atoms with E-state index in [1.807, 2.05) is 58.9 Å². The maximum Gasteiger partial charge on any atom is 0.342 e. The number of hydrogen-bond donors (Lipinski definition) is 0. The minimum atomic E-state index is -0.857. The Hall–Kier alpha value is -3.23. The average Bonchev–Trinajstić information content (AvgIpc) is 3.68. The van der Waals surface area contributed by atoms with Gasteiger partial charge in [0.1, 0.15) is 0 Å². The molecule has 1 saturated heterocycles. The number of carbonyl (C=O) groups excluding carboxylic acids is 1. The molecule has 7 nitrogen and oxygen atoms in total. The summed E-state index contributed by atoms with van der Waals surface area (Å²) in [4.78, 5) is 11.5. The van der Waals surface area contributed by atoms with Crippen molar-refractivity contribution in [2.24, 2.45) is 0 Å². The van der Waals surface area contributed by atoms with Gasteiger partial charge in [0.05, 0.1) is 22.1 Å². The molecule has 1 atom stereocenters. The molecule has 2 aliphatic heterocycles. The van der Waals surface area contributed by atoms with Gasteiger partial charge in [0.25, 0.3) is 0 Å². The fourth-order valence-electron chi connectivity index (χ4n) is 4.12. The van der Waals surface area contributed by atoms with Gasteiger partial charge in [0.15, 0.2) is 17.6 Å². The predicted molar refractivity (Wildman–Crippen MR) is 168 cm³/mol. The number of ether oxygens (including phenoxy) is 4. The van der Waals surface area contributed by atoms with E-state index in [9.17, 15) is 4.79 Å². The molecule has 3 heterocycles. The summed E-state index contributed by atoms with van der Waals surface area (Å²) in [5.41, 5.74) is 4.21.